The second-order valence-corrected chi connectivity index (χ2v) is 8.06. The Bertz CT molecular complexity index is 1120. The maximum atomic E-state index is 13.4. The molecule has 1 saturated heterocycles. The summed E-state index contributed by atoms with van der Waals surface area (Å²) < 4.78 is 18.6. The van der Waals surface area contributed by atoms with Gasteiger partial charge in [0.25, 0.3) is 0 Å². The largest absolute Gasteiger partial charge is 0.495 e. The number of hydrogen-bond acceptors (Lipinski definition) is 4. The van der Waals surface area contributed by atoms with Gasteiger partial charge >= 0.3 is 6.03 Å². The minimum Gasteiger partial charge on any atom is -0.495 e. The van der Waals surface area contributed by atoms with E-state index in [0.29, 0.717) is 27.8 Å². The van der Waals surface area contributed by atoms with Crippen LogP contribution < -0.4 is 20.3 Å². The van der Waals surface area contributed by atoms with E-state index in [2.05, 4.69) is 15.6 Å². The van der Waals surface area contributed by atoms with Crippen LogP contribution in [0.5, 0.6) is 5.75 Å². The first-order valence-corrected chi connectivity index (χ1v) is 10.7. The SMILES string of the molecule is COc1ccc([C@H]2CN(c3ccc(F)cc3)C(=O)C[C@H]2NC(=O)Nc2ccc(Cl)cc2)nc1. The van der Waals surface area contributed by atoms with Crippen molar-refractivity contribution in [3.63, 3.8) is 0 Å². The number of nitrogens with one attached hydrogen (secondary N) is 2. The van der Waals surface area contributed by atoms with Gasteiger partial charge in [-0.25, -0.2) is 9.18 Å². The molecule has 0 aliphatic carbocycles. The molecule has 2 N–H and O–H groups in total. The van der Waals surface area contributed by atoms with E-state index in [4.69, 9.17) is 16.3 Å². The normalized spacial score (nSPS) is 18.0. The van der Waals surface area contributed by atoms with E-state index in [1.807, 2.05) is 6.07 Å². The van der Waals surface area contributed by atoms with E-state index in [-0.39, 0.29) is 30.6 Å². The number of pyridine rings is 1. The molecule has 170 valence electrons. The third-order valence-electron chi connectivity index (χ3n) is 5.49. The van der Waals surface area contributed by atoms with Crippen LogP contribution in [0.3, 0.4) is 0 Å². The van der Waals surface area contributed by atoms with E-state index in [1.54, 1.807) is 60.7 Å². The van der Waals surface area contributed by atoms with Crippen LogP contribution in [0.15, 0.2) is 66.9 Å². The predicted octanol–water partition coefficient (Wildman–Crippen LogP) is 4.59. The molecule has 2 atom stereocenters. The van der Waals surface area contributed by atoms with Crippen LogP contribution in [0.1, 0.15) is 18.0 Å². The first kappa shape index (κ1) is 22.5. The first-order chi connectivity index (χ1) is 15.9. The van der Waals surface area contributed by atoms with E-state index in [1.165, 1.54) is 12.1 Å². The number of piperidine rings is 1. The van der Waals surface area contributed by atoms with Crippen LogP contribution in [-0.2, 0) is 4.79 Å². The zero-order valence-electron chi connectivity index (χ0n) is 17.8. The van der Waals surface area contributed by atoms with Crippen molar-refractivity contribution in [2.45, 2.75) is 18.4 Å². The highest BCUT2D eigenvalue weighted by Crippen LogP contribution is 2.31. The number of hydrogen-bond donors (Lipinski definition) is 2. The molecule has 2 aromatic carbocycles. The van der Waals surface area contributed by atoms with Gasteiger partial charge in [-0.2, -0.15) is 0 Å². The van der Waals surface area contributed by atoms with Crippen molar-refractivity contribution in [3.8, 4) is 5.75 Å². The van der Waals surface area contributed by atoms with Crippen molar-refractivity contribution in [1.82, 2.24) is 10.3 Å². The van der Waals surface area contributed by atoms with Gasteiger partial charge in [-0.05, 0) is 60.7 Å². The Kier molecular flexibility index (Phi) is 6.74. The number of nitrogens with zero attached hydrogens (tertiary/aromatic N) is 2. The molecule has 3 amide bonds. The number of carbonyl (C=O) groups is 2. The van der Waals surface area contributed by atoms with Gasteiger partial charge in [-0.15, -0.1) is 0 Å². The Morgan fingerprint density at radius 2 is 1.85 bits per heavy atom. The predicted molar refractivity (Wildman–Crippen MR) is 124 cm³/mol. The topological polar surface area (TPSA) is 83.6 Å². The lowest BCUT2D eigenvalue weighted by Crippen LogP contribution is -2.53. The van der Waals surface area contributed by atoms with Gasteiger partial charge in [0.2, 0.25) is 5.91 Å². The minimum atomic E-state index is -0.498. The van der Waals surface area contributed by atoms with Crippen molar-refractivity contribution in [2.24, 2.45) is 0 Å². The van der Waals surface area contributed by atoms with E-state index in [0.717, 1.165) is 0 Å². The van der Waals surface area contributed by atoms with Gasteiger partial charge in [0, 0.05) is 47.0 Å². The Morgan fingerprint density at radius 1 is 1.12 bits per heavy atom. The highest BCUT2D eigenvalue weighted by atomic mass is 35.5. The standard InChI is InChI=1S/C24H22ClFN4O3/c1-33-19-10-11-21(27-13-19)20-14-30(18-8-4-16(26)5-9-18)23(31)12-22(20)29-24(32)28-17-6-2-15(25)3-7-17/h2-11,13,20,22H,12,14H2,1H3,(H2,28,29,32)/t20-,22-/m1/s1. The molecule has 7 nitrogen and oxygen atoms in total. The average Bonchev–Trinajstić information content (AvgIpc) is 2.81. The molecule has 1 fully saturated rings. The van der Waals surface area contributed by atoms with Gasteiger partial charge in [-0.1, -0.05) is 11.6 Å². The van der Waals surface area contributed by atoms with Crippen LogP contribution in [0.4, 0.5) is 20.6 Å². The third-order valence-corrected chi connectivity index (χ3v) is 5.74. The Hall–Kier alpha value is -3.65. The third kappa shape index (κ3) is 5.40. The number of amides is 3. The fourth-order valence-corrected chi connectivity index (χ4v) is 3.91. The molecule has 0 unspecified atom stereocenters. The Morgan fingerprint density at radius 3 is 2.48 bits per heavy atom. The lowest BCUT2D eigenvalue weighted by Gasteiger charge is -2.38. The summed E-state index contributed by atoms with van der Waals surface area (Å²) >= 11 is 5.89. The van der Waals surface area contributed by atoms with Crippen LogP contribution in [-0.4, -0.2) is 36.6 Å². The smallest absolute Gasteiger partial charge is 0.319 e. The van der Waals surface area contributed by atoms with Crippen LogP contribution >= 0.6 is 11.6 Å². The Balaban J connectivity index is 1.56. The van der Waals surface area contributed by atoms with Crippen molar-refractivity contribution >= 4 is 34.9 Å². The number of rotatable bonds is 5. The van der Waals surface area contributed by atoms with Crippen LogP contribution in [0.25, 0.3) is 0 Å². The summed E-state index contributed by atoms with van der Waals surface area (Å²) in [4.78, 5) is 31.7. The summed E-state index contributed by atoms with van der Waals surface area (Å²) in [6.07, 6.45) is 1.66. The molecule has 1 aliphatic heterocycles. The van der Waals surface area contributed by atoms with Crippen LogP contribution in [0.2, 0.25) is 5.02 Å². The van der Waals surface area contributed by atoms with Crippen molar-refractivity contribution in [2.75, 3.05) is 23.9 Å². The van der Waals surface area contributed by atoms with Gasteiger partial charge in [0.15, 0.2) is 0 Å². The Labute approximate surface area is 195 Å². The number of urea groups is 1. The number of methoxy groups -OCH3 is 1. The molecule has 0 saturated carbocycles. The summed E-state index contributed by atoms with van der Waals surface area (Å²) in [6, 6.07) is 15.1. The molecule has 1 aliphatic rings. The molecule has 1 aromatic heterocycles. The molecule has 0 spiro atoms. The second-order valence-electron chi connectivity index (χ2n) is 7.63. The lowest BCUT2D eigenvalue weighted by atomic mass is 9.88. The average molecular weight is 469 g/mol. The van der Waals surface area contributed by atoms with Crippen molar-refractivity contribution in [3.05, 3.63) is 83.4 Å². The molecule has 0 bridgehead atoms. The summed E-state index contributed by atoms with van der Waals surface area (Å²) in [5.74, 6) is -0.251. The van der Waals surface area contributed by atoms with Gasteiger partial charge < -0.3 is 20.3 Å². The highest BCUT2D eigenvalue weighted by Gasteiger charge is 2.37. The quantitative estimate of drug-likeness (QED) is 0.573. The van der Waals surface area contributed by atoms with Crippen molar-refractivity contribution in [1.29, 1.82) is 0 Å². The zero-order chi connectivity index (χ0) is 23.4. The van der Waals surface area contributed by atoms with Gasteiger partial charge in [-0.3, -0.25) is 9.78 Å². The number of halogens is 2. The number of benzene rings is 2. The van der Waals surface area contributed by atoms with E-state index < -0.39 is 12.1 Å². The number of carbonyl (C=O) groups excluding carboxylic acids is 2. The van der Waals surface area contributed by atoms with E-state index in [9.17, 15) is 14.0 Å². The summed E-state index contributed by atoms with van der Waals surface area (Å²) in [5, 5.41) is 6.22. The highest BCUT2D eigenvalue weighted by molar-refractivity contribution is 6.30. The minimum absolute atomic E-state index is 0.0593. The molecule has 33 heavy (non-hydrogen) atoms. The van der Waals surface area contributed by atoms with Crippen LogP contribution in [0, 0.1) is 5.82 Å². The first-order valence-electron chi connectivity index (χ1n) is 10.3. The molecule has 2 heterocycles. The number of aromatic nitrogens is 1. The molecular weight excluding hydrogens is 447 g/mol. The van der Waals surface area contributed by atoms with E-state index >= 15 is 0 Å². The fourth-order valence-electron chi connectivity index (χ4n) is 3.79. The second kappa shape index (κ2) is 9.87. The summed E-state index contributed by atoms with van der Waals surface area (Å²) in [7, 11) is 1.55. The van der Waals surface area contributed by atoms with Gasteiger partial charge in [0.1, 0.15) is 11.6 Å². The zero-order valence-corrected chi connectivity index (χ0v) is 18.6. The molecular formula is C24H22ClFN4O3. The summed E-state index contributed by atoms with van der Waals surface area (Å²) in [6.45, 7) is 0.273. The van der Waals surface area contributed by atoms with Crippen molar-refractivity contribution < 1.29 is 18.7 Å². The van der Waals surface area contributed by atoms with Gasteiger partial charge in [0.05, 0.1) is 13.3 Å². The monoisotopic (exact) mass is 468 g/mol. The number of anilines is 2. The summed E-state index contributed by atoms with van der Waals surface area (Å²) in [5.41, 5.74) is 1.86. The molecule has 0 radical (unpaired) electrons. The molecule has 3 aromatic rings. The number of ether oxygens (including phenoxy) is 1. The maximum Gasteiger partial charge on any atom is 0.319 e. The molecule has 4 rings (SSSR count). The maximum absolute atomic E-state index is 13.4. The fraction of sp³-hybridized carbons (Fsp3) is 0.208. The molecule has 9 heteroatoms. The lowest BCUT2D eigenvalue weighted by molar-refractivity contribution is -0.120.